The summed E-state index contributed by atoms with van der Waals surface area (Å²) in [5, 5.41) is 10.8. The molecule has 0 saturated carbocycles. The third-order valence-electron chi connectivity index (χ3n) is 6.23. The lowest BCUT2D eigenvalue weighted by Crippen LogP contribution is -2.31. The van der Waals surface area contributed by atoms with Crippen molar-refractivity contribution in [2.45, 2.75) is 71.6 Å². The predicted octanol–water partition coefficient (Wildman–Crippen LogP) is 5.76. The van der Waals surface area contributed by atoms with Gasteiger partial charge in [0, 0.05) is 17.5 Å². The molecule has 0 aromatic heterocycles. The monoisotopic (exact) mass is 452 g/mol. The van der Waals surface area contributed by atoms with Crippen LogP contribution in [0.25, 0.3) is 0 Å². The quantitative estimate of drug-likeness (QED) is 0.266. The van der Waals surface area contributed by atoms with Gasteiger partial charge in [-0.15, -0.1) is 0 Å². The van der Waals surface area contributed by atoms with Gasteiger partial charge in [-0.05, 0) is 68.1 Å². The Balaban J connectivity index is 1.60. The van der Waals surface area contributed by atoms with E-state index in [4.69, 9.17) is 9.47 Å². The highest BCUT2D eigenvalue weighted by Gasteiger charge is 2.38. The highest BCUT2D eigenvalue weighted by molar-refractivity contribution is 5.99. The van der Waals surface area contributed by atoms with Crippen LogP contribution >= 0.6 is 0 Å². The molecule has 2 aromatic carbocycles. The van der Waals surface area contributed by atoms with Gasteiger partial charge in [0.2, 0.25) is 0 Å². The summed E-state index contributed by atoms with van der Waals surface area (Å²) >= 11 is 0. The Bertz CT molecular complexity index is 948. The molecule has 1 unspecified atom stereocenters. The number of fused-ring (bicyclic) bond motifs is 1. The Labute approximate surface area is 197 Å². The van der Waals surface area contributed by atoms with Gasteiger partial charge in [0.15, 0.2) is 5.78 Å². The Morgan fingerprint density at radius 1 is 1.09 bits per heavy atom. The Morgan fingerprint density at radius 3 is 2.58 bits per heavy atom. The largest absolute Gasteiger partial charge is 0.507 e. The molecule has 3 rings (SSSR count). The number of aromatic hydroxyl groups is 1. The molecule has 0 radical (unpaired) electrons. The van der Waals surface area contributed by atoms with E-state index >= 15 is 0 Å². The summed E-state index contributed by atoms with van der Waals surface area (Å²) in [7, 11) is 0. The standard InChI is InChI=1S/C28H36O5/c1-4-32-26(31)17-24(29)23-19-28(2,3)18-21-15-22(16-25(30)27(21)23)33-14-10-6-9-13-20-11-7-5-8-12-20/h5,7-8,11-12,15-16,23,30H,4,6,9-10,13-14,17-19H2,1-3H3. The molecule has 0 bridgehead atoms. The number of aryl methyl sites for hydroxylation is 1. The number of benzene rings is 2. The van der Waals surface area contributed by atoms with Crippen LogP contribution < -0.4 is 4.74 Å². The summed E-state index contributed by atoms with van der Waals surface area (Å²) in [6.45, 7) is 6.77. The van der Waals surface area contributed by atoms with E-state index in [1.54, 1.807) is 13.0 Å². The predicted molar refractivity (Wildman–Crippen MR) is 129 cm³/mol. The van der Waals surface area contributed by atoms with Crippen molar-refractivity contribution in [3.05, 3.63) is 59.2 Å². The molecule has 0 aliphatic heterocycles. The third kappa shape index (κ3) is 7.08. The van der Waals surface area contributed by atoms with Gasteiger partial charge in [0.25, 0.3) is 0 Å². The van der Waals surface area contributed by atoms with Crippen LogP contribution in [0, 0.1) is 5.41 Å². The summed E-state index contributed by atoms with van der Waals surface area (Å²) in [6.07, 6.45) is 5.26. The van der Waals surface area contributed by atoms with Gasteiger partial charge < -0.3 is 14.6 Å². The van der Waals surface area contributed by atoms with Gasteiger partial charge in [-0.1, -0.05) is 44.2 Å². The average Bonchev–Trinajstić information content (AvgIpc) is 2.75. The van der Waals surface area contributed by atoms with Gasteiger partial charge in [-0.25, -0.2) is 0 Å². The lowest BCUT2D eigenvalue weighted by atomic mass is 9.67. The van der Waals surface area contributed by atoms with E-state index in [-0.39, 0.29) is 30.0 Å². The van der Waals surface area contributed by atoms with Crippen LogP contribution in [0.3, 0.4) is 0 Å². The highest BCUT2D eigenvalue weighted by Crippen LogP contribution is 2.47. The van der Waals surface area contributed by atoms with Crippen LogP contribution in [-0.4, -0.2) is 30.1 Å². The van der Waals surface area contributed by atoms with Gasteiger partial charge >= 0.3 is 5.97 Å². The molecule has 5 nitrogen and oxygen atoms in total. The number of hydrogen-bond acceptors (Lipinski definition) is 5. The van der Waals surface area contributed by atoms with Crippen molar-refractivity contribution >= 4 is 11.8 Å². The van der Waals surface area contributed by atoms with Gasteiger partial charge in [0.05, 0.1) is 13.2 Å². The molecule has 2 aromatic rings. The second-order valence-corrected chi connectivity index (χ2v) is 9.71. The van der Waals surface area contributed by atoms with Crippen molar-refractivity contribution in [1.82, 2.24) is 0 Å². The minimum atomic E-state index is -0.515. The third-order valence-corrected chi connectivity index (χ3v) is 6.23. The van der Waals surface area contributed by atoms with Crippen molar-refractivity contribution < 1.29 is 24.2 Å². The molecule has 1 aliphatic carbocycles. The zero-order valence-electron chi connectivity index (χ0n) is 20.1. The van der Waals surface area contributed by atoms with Crippen molar-refractivity contribution in [1.29, 1.82) is 0 Å². The SMILES string of the molecule is CCOC(=O)CC(=O)C1CC(C)(C)Cc2cc(OCCCCCc3ccccc3)cc(O)c21. The van der Waals surface area contributed by atoms with Crippen molar-refractivity contribution in [2.24, 2.45) is 5.41 Å². The minimum Gasteiger partial charge on any atom is -0.507 e. The average molecular weight is 453 g/mol. The molecule has 5 heteroatoms. The fraction of sp³-hybridized carbons (Fsp3) is 0.500. The lowest BCUT2D eigenvalue weighted by molar-refractivity contribution is -0.146. The molecule has 1 N–H and O–H groups in total. The lowest BCUT2D eigenvalue weighted by Gasteiger charge is -2.37. The maximum atomic E-state index is 12.9. The van der Waals surface area contributed by atoms with E-state index in [0.29, 0.717) is 24.3 Å². The first-order chi connectivity index (χ1) is 15.8. The topological polar surface area (TPSA) is 72.8 Å². The van der Waals surface area contributed by atoms with Crippen LogP contribution in [0.15, 0.2) is 42.5 Å². The zero-order chi connectivity index (χ0) is 23.8. The second kappa shape index (κ2) is 11.4. The summed E-state index contributed by atoms with van der Waals surface area (Å²) < 4.78 is 10.9. The van der Waals surface area contributed by atoms with Crippen molar-refractivity contribution in [3.8, 4) is 11.5 Å². The molecule has 0 saturated heterocycles. The van der Waals surface area contributed by atoms with E-state index in [1.807, 2.05) is 12.1 Å². The first kappa shape index (κ1) is 24.8. The minimum absolute atomic E-state index is 0.0734. The van der Waals surface area contributed by atoms with Crippen molar-refractivity contribution in [3.63, 3.8) is 0 Å². The van der Waals surface area contributed by atoms with Gasteiger partial charge in [-0.2, -0.15) is 0 Å². The van der Waals surface area contributed by atoms with E-state index in [1.165, 1.54) is 5.56 Å². The number of carbonyl (C=O) groups excluding carboxylic acids is 2. The number of unbranched alkanes of at least 4 members (excludes halogenated alkanes) is 2. The van der Waals surface area contributed by atoms with Crippen LogP contribution in [0.2, 0.25) is 0 Å². The summed E-state index contributed by atoms with van der Waals surface area (Å²) in [5.41, 5.74) is 2.80. The molecule has 1 aliphatic rings. The Hall–Kier alpha value is -2.82. The highest BCUT2D eigenvalue weighted by atomic mass is 16.5. The molecule has 178 valence electrons. The van der Waals surface area contributed by atoms with Crippen LogP contribution in [0.5, 0.6) is 11.5 Å². The maximum absolute atomic E-state index is 12.9. The number of esters is 1. The summed E-state index contributed by atoms with van der Waals surface area (Å²) in [5.74, 6) is -0.530. The van der Waals surface area contributed by atoms with Crippen LogP contribution in [0.1, 0.15) is 75.5 Å². The normalized spacial score (nSPS) is 16.6. The smallest absolute Gasteiger partial charge is 0.313 e. The van der Waals surface area contributed by atoms with Gasteiger partial charge in [-0.3, -0.25) is 9.59 Å². The molecule has 1 atom stereocenters. The number of phenols is 1. The number of carbonyl (C=O) groups is 2. The van der Waals surface area contributed by atoms with E-state index in [2.05, 4.69) is 38.1 Å². The number of Topliss-reactive ketones (excluding diaryl/α,β-unsaturated/α-hetero) is 1. The fourth-order valence-electron chi connectivity index (χ4n) is 4.74. The molecule has 0 fully saturated rings. The Morgan fingerprint density at radius 2 is 1.85 bits per heavy atom. The van der Waals surface area contributed by atoms with E-state index in [0.717, 1.165) is 37.7 Å². The van der Waals surface area contributed by atoms with E-state index in [9.17, 15) is 14.7 Å². The van der Waals surface area contributed by atoms with Crippen LogP contribution in [0.4, 0.5) is 0 Å². The fourth-order valence-corrected chi connectivity index (χ4v) is 4.74. The summed E-state index contributed by atoms with van der Waals surface area (Å²) in [6, 6.07) is 14.0. The van der Waals surface area contributed by atoms with Gasteiger partial charge in [0.1, 0.15) is 17.9 Å². The van der Waals surface area contributed by atoms with E-state index < -0.39 is 11.9 Å². The number of rotatable bonds is 11. The Kier molecular flexibility index (Phi) is 8.54. The molecular weight excluding hydrogens is 416 g/mol. The molecule has 0 amide bonds. The number of ketones is 1. The molecule has 0 spiro atoms. The molecule has 0 heterocycles. The number of hydrogen-bond donors (Lipinski definition) is 1. The first-order valence-electron chi connectivity index (χ1n) is 12.0. The first-order valence-corrected chi connectivity index (χ1v) is 12.0. The number of ether oxygens (including phenoxy) is 2. The second-order valence-electron chi connectivity index (χ2n) is 9.71. The van der Waals surface area contributed by atoms with Crippen molar-refractivity contribution in [2.75, 3.05) is 13.2 Å². The summed E-state index contributed by atoms with van der Waals surface area (Å²) in [4.78, 5) is 24.8. The number of phenolic OH excluding ortho intramolecular Hbond substituents is 1. The van der Waals surface area contributed by atoms with Crippen LogP contribution in [-0.2, 0) is 27.2 Å². The molecular formula is C28H36O5. The zero-order valence-corrected chi connectivity index (χ0v) is 20.1. The molecule has 33 heavy (non-hydrogen) atoms. The maximum Gasteiger partial charge on any atom is 0.313 e.